The van der Waals surface area contributed by atoms with E-state index in [9.17, 15) is 0 Å². The van der Waals surface area contributed by atoms with E-state index in [1.807, 2.05) is 0 Å². The molecule has 5 heteroatoms. The lowest BCUT2D eigenvalue weighted by atomic mass is 10.1. The van der Waals surface area contributed by atoms with Crippen LogP contribution in [0.5, 0.6) is 5.88 Å². The number of nitrogens with one attached hydrogen (secondary N) is 1. The van der Waals surface area contributed by atoms with Crippen LogP contribution < -0.4 is 15.8 Å². The van der Waals surface area contributed by atoms with Crippen molar-refractivity contribution in [3.05, 3.63) is 12.4 Å². The number of anilines is 1. The molecule has 0 spiro atoms. The Kier molecular flexibility index (Phi) is 2.78. The summed E-state index contributed by atoms with van der Waals surface area (Å²) in [6, 6.07) is 1.65. The van der Waals surface area contributed by atoms with Gasteiger partial charge in [0.05, 0.1) is 0 Å². The average molecular weight is 194 g/mol. The zero-order valence-corrected chi connectivity index (χ0v) is 7.94. The Morgan fingerprint density at radius 3 is 3.14 bits per heavy atom. The molecule has 2 rings (SSSR count). The molecule has 0 bridgehead atoms. The molecule has 0 saturated carbocycles. The molecule has 1 aliphatic rings. The molecule has 1 aromatic heterocycles. The van der Waals surface area contributed by atoms with Crippen molar-refractivity contribution in [1.29, 1.82) is 0 Å². The van der Waals surface area contributed by atoms with E-state index in [4.69, 9.17) is 10.5 Å². The van der Waals surface area contributed by atoms with Crippen LogP contribution in [0.2, 0.25) is 0 Å². The highest BCUT2D eigenvalue weighted by Crippen LogP contribution is 2.13. The van der Waals surface area contributed by atoms with Gasteiger partial charge < -0.3 is 15.8 Å². The van der Waals surface area contributed by atoms with E-state index in [-0.39, 0.29) is 6.10 Å². The Bertz CT molecular complexity index is 299. The second-order valence-electron chi connectivity index (χ2n) is 3.37. The third kappa shape index (κ3) is 2.32. The average Bonchev–Trinajstić information content (AvgIpc) is 2.19. The van der Waals surface area contributed by atoms with Crippen LogP contribution in [0, 0.1) is 0 Å². The molecule has 5 nitrogen and oxygen atoms in total. The Labute approximate surface area is 82.7 Å². The molecule has 3 N–H and O–H groups in total. The quantitative estimate of drug-likeness (QED) is 0.703. The number of aromatic nitrogens is 2. The number of hydrogen-bond acceptors (Lipinski definition) is 5. The molecule has 14 heavy (non-hydrogen) atoms. The fourth-order valence-corrected chi connectivity index (χ4v) is 1.51. The normalized spacial score (nSPS) is 21.9. The Morgan fingerprint density at radius 1 is 1.50 bits per heavy atom. The largest absolute Gasteiger partial charge is 0.473 e. The van der Waals surface area contributed by atoms with Gasteiger partial charge in [0.15, 0.2) is 0 Å². The number of hydrogen-bond donors (Lipinski definition) is 2. The molecule has 76 valence electrons. The molecule has 2 heterocycles. The summed E-state index contributed by atoms with van der Waals surface area (Å²) in [7, 11) is 0. The minimum atomic E-state index is 0.207. The van der Waals surface area contributed by atoms with Crippen molar-refractivity contribution in [3.8, 4) is 5.88 Å². The maximum atomic E-state index is 5.64. The lowest BCUT2D eigenvalue weighted by Crippen LogP contribution is -2.37. The number of rotatable bonds is 2. The first kappa shape index (κ1) is 9.21. The zero-order chi connectivity index (χ0) is 9.80. The first-order chi connectivity index (χ1) is 6.84. The lowest BCUT2D eigenvalue weighted by Gasteiger charge is -2.23. The molecule has 1 aliphatic heterocycles. The molecule has 0 aliphatic carbocycles. The summed E-state index contributed by atoms with van der Waals surface area (Å²) in [6.07, 6.45) is 3.83. The van der Waals surface area contributed by atoms with Crippen molar-refractivity contribution >= 4 is 5.82 Å². The summed E-state index contributed by atoms with van der Waals surface area (Å²) in [5.41, 5.74) is 5.52. The highest BCUT2D eigenvalue weighted by Gasteiger charge is 2.14. The van der Waals surface area contributed by atoms with Crippen LogP contribution in [-0.4, -0.2) is 29.2 Å². The molecule has 1 saturated heterocycles. The van der Waals surface area contributed by atoms with Crippen LogP contribution in [0.25, 0.3) is 0 Å². The van der Waals surface area contributed by atoms with E-state index in [0.717, 1.165) is 25.9 Å². The Hall–Kier alpha value is -1.36. The van der Waals surface area contributed by atoms with Crippen LogP contribution in [0.1, 0.15) is 12.8 Å². The van der Waals surface area contributed by atoms with E-state index in [1.54, 1.807) is 6.07 Å². The predicted octanol–water partition coefficient (Wildman–Crippen LogP) is 0.190. The topological polar surface area (TPSA) is 73.1 Å². The summed E-state index contributed by atoms with van der Waals surface area (Å²) < 4.78 is 5.64. The summed E-state index contributed by atoms with van der Waals surface area (Å²) >= 11 is 0. The SMILES string of the molecule is Nc1cc(OC2CCCNC2)ncn1. The zero-order valence-electron chi connectivity index (χ0n) is 7.94. The van der Waals surface area contributed by atoms with Gasteiger partial charge in [-0.2, -0.15) is 0 Å². The van der Waals surface area contributed by atoms with Gasteiger partial charge in [-0.1, -0.05) is 0 Å². The fraction of sp³-hybridized carbons (Fsp3) is 0.556. The van der Waals surface area contributed by atoms with Crippen LogP contribution >= 0.6 is 0 Å². The Balaban J connectivity index is 1.95. The molecule has 1 aromatic rings. The summed E-state index contributed by atoms with van der Waals surface area (Å²) in [5.74, 6) is 1.00. The summed E-state index contributed by atoms with van der Waals surface area (Å²) in [6.45, 7) is 1.95. The van der Waals surface area contributed by atoms with Crippen molar-refractivity contribution in [2.75, 3.05) is 18.8 Å². The summed E-state index contributed by atoms with van der Waals surface area (Å²) in [5, 5.41) is 3.27. The van der Waals surface area contributed by atoms with Gasteiger partial charge in [-0.05, 0) is 19.4 Å². The van der Waals surface area contributed by atoms with Crippen molar-refractivity contribution in [1.82, 2.24) is 15.3 Å². The van der Waals surface area contributed by atoms with Gasteiger partial charge in [0.1, 0.15) is 18.2 Å². The highest BCUT2D eigenvalue weighted by molar-refractivity contribution is 5.30. The maximum absolute atomic E-state index is 5.64. The van der Waals surface area contributed by atoms with Crippen LogP contribution in [0.3, 0.4) is 0 Å². The Morgan fingerprint density at radius 2 is 2.43 bits per heavy atom. The molecule has 1 fully saturated rings. The minimum Gasteiger partial charge on any atom is -0.473 e. The van der Waals surface area contributed by atoms with Gasteiger partial charge in [-0.3, -0.25) is 0 Å². The van der Waals surface area contributed by atoms with Gasteiger partial charge in [0, 0.05) is 12.6 Å². The van der Waals surface area contributed by atoms with Crippen LogP contribution in [0.15, 0.2) is 12.4 Å². The molecule has 1 unspecified atom stereocenters. The van der Waals surface area contributed by atoms with E-state index in [2.05, 4.69) is 15.3 Å². The van der Waals surface area contributed by atoms with E-state index in [0.29, 0.717) is 11.7 Å². The molecular weight excluding hydrogens is 180 g/mol. The van der Waals surface area contributed by atoms with Crippen LogP contribution in [0.4, 0.5) is 5.82 Å². The number of nitrogens with two attached hydrogens (primary N) is 1. The summed E-state index contributed by atoms with van der Waals surface area (Å²) in [4.78, 5) is 7.80. The number of piperidine rings is 1. The number of nitrogens with zero attached hydrogens (tertiary/aromatic N) is 2. The second-order valence-corrected chi connectivity index (χ2v) is 3.37. The molecule has 0 radical (unpaired) electrons. The van der Waals surface area contributed by atoms with E-state index >= 15 is 0 Å². The van der Waals surface area contributed by atoms with Crippen molar-refractivity contribution in [2.45, 2.75) is 18.9 Å². The molecule has 0 aromatic carbocycles. The van der Waals surface area contributed by atoms with E-state index < -0.39 is 0 Å². The highest BCUT2D eigenvalue weighted by atomic mass is 16.5. The van der Waals surface area contributed by atoms with Gasteiger partial charge in [-0.25, -0.2) is 9.97 Å². The van der Waals surface area contributed by atoms with Crippen molar-refractivity contribution in [3.63, 3.8) is 0 Å². The predicted molar refractivity (Wildman–Crippen MR) is 53.0 cm³/mol. The third-order valence-corrected chi connectivity index (χ3v) is 2.20. The molecular formula is C9H14N4O. The van der Waals surface area contributed by atoms with E-state index in [1.165, 1.54) is 6.33 Å². The van der Waals surface area contributed by atoms with Crippen molar-refractivity contribution < 1.29 is 4.74 Å². The van der Waals surface area contributed by atoms with Gasteiger partial charge in [0.2, 0.25) is 5.88 Å². The smallest absolute Gasteiger partial charge is 0.218 e. The number of nitrogen functional groups attached to an aromatic ring is 1. The standard InChI is InChI=1S/C9H14N4O/c10-8-4-9(13-6-12-8)14-7-2-1-3-11-5-7/h4,6-7,11H,1-3,5H2,(H2,10,12,13). The maximum Gasteiger partial charge on any atom is 0.218 e. The van der Waals surface area contributed by atoms with Gasteiger partial charge >= 0.3 is 0 Å². The van der Waals surface area contributed by atoms with Gasteiger partial charge in [-0.15, -0.1) is 0 Å². The molecule has 1 atom stereocenters. The first-order valence-corrected chi connectivity index (χ1v) is 4.79. The second kappa shape index (κ2) is 4.23. The monoisotopic (exact) mass is 194 g/mol. The first-order valence-electron chi connectivity index (χ1n) is 4.79. The fourth-order valence-electron chi connectivity index (χ4n) is 1.51. The molecule has 0 amide bonds. The minimum absolute atomic E-state index is 0.207. The number of ether oxygens (including phenoxy) is 1. The van der Waals surface area contributed by atoms with Gasteiger partial charge in [0.25, 0.3) is 0 Å². The van der Waals surface area contributed by atoms with Crippen molar-refractivity contribution in [2.24, 2.45) is 0 Å². The lowest BCUT2D eigenvalue weighted by molar-refractivity contribution is 0.160. The third-order valence-electron chi connectivity index (χ3n) is 2.20. The van der Waals surface area contributed by atoms with Crippen LogP contribution in [-0.2, 0) is 0 Å².